The first-order chi connectivity index (χ1) is 10.5. The number of ether oxygens (including phenoxy) is 2. The molecule has 118 valence electrons. The minimum Gasteiger partial charge on any atom is -0.350 e. The zero-order chi connectivity index (χ0) is 15.5. The molecule has 1 aromatic rings. The van der Waals surface area contributed by atoms with Crippen molar-refractivity contribution in [1.82, 2.24) is 9.97 Å². The molecule has 1 aliphatic carbocycles. The van der Waals surface area contributed by atoms with Crippen LogP contribution in [0, 0.1) is 12.8 Å². The van der Waals surface area contributed by atoms with Crippen molar-refractivity contribution < 1.29 is 9.47 Å². The Morgan fingerprint density at radius 3 is 2.86 bits per heavy atom. The van der Waals surface area contributed by atoms with Crippen molar-refractivity contribution in [3.05, 3.63) is 30.2 Å². The smallest absolute Gasteiger partial charge is 0.163 e. The summed E-state index contributed by atoms with van der Waals surface area (Å²) in [7, 11) is 0. The van der Waals surface area contributed by atoms with Crippen LogP contribution in [-0.2, 0) is 15.9 Å². The number of hydrogen-bond acceptors (Lipinski definition) is 5. The van der Waals surface area contributed by atoms with Gasteiger partial charge in [-0.3, -0.25) is 0 Å². The van der Waals surface area contributed by atoms with E-state index in [0.717, 1.165) is 30.9 Å². The summed E-state index contributed by atoms with van der Waals surface area (Å²) in [6.45, 7) is 11.0. The van der Waals surface area contributed by atoms with Crippen LogP contribution in [-0.4, -0.2) is 40.5 Å². The molecule has 0 radical (unpaired) electrons. The molecule has 1 aromatic heterocycles. The summed E-state index contributed by atoms with van der Waals surface area (Å²) in [5, 5.41) is 0. The van der Waals surface area contributed by atoms with E-state index in [1.165, 1.54) is 5.56 Å². The minimum absolute atomic E-state index is 0.0826. The Morgan fingerprint density at radius 2 is 2.09 bits per heavy atom. The third-order valence-electron chi connectivity index (χ3n) is 5.19. The highest BCUT2D eigenvalue weighted by Gasteiger charge is 2.55. The first-order valence-electron chi connectivity index (χ1n) is 8.05. The van der Waals surface area contributed by atoms with Gasteiger partial charge in [-0.25, -0.2) is 9.97 Å². The fourth-order valence-electron chi connectivity index (χ4n) is 4.22. The van der Waals surface area contributed by atoms with Crippen LogP contribution in [0.25, 0.3) is 0 Å². The minimum atomic E-state index is -0.514. The first-order valence-corrected chi connectivity index (χ1v) is 8.05. The lowest BCUT2D eigenvalue weighted by atomic mass is 10.1. The van der Waals surface area contributed by atoms with E-state index in [2.05, 4.69) is 28.4 Å². The molecule has 1 saturated heterocycles. The molecule has 2 aliphatic heterocycles. The van der Waals surface area contributed by atoms with Crippen molar-refractivity contribution in [3.8, 4) is 0 Å². The largest absolute Gasteiger partial charge is 0.350 e. The molecule has 4 atom stereocenters. The van der Waals surface area contributed by atoms with Crippen molar-refractivity contribution in [1.29, 1.82) is 0 Å². The van der Waals surface area contributed by atoms with Gasteiger partial charge in [0.05, 0.1) is 12.1 Å². The number of nitrogens with zero attached hydrogens (tertiary/aromatic N) is 3. The summed E-state index contributed by atoms with van der Waals surface area (Å²) in [4.78, 5) is 11.3. The number of hydrogen-bond donors (Lipinski definition) is 0. The molecule has 0 amide bonds. The summed E-state index contributed by atoms with van der Waals surface area (Å²) in [5.41, 5.74) is 2.37. The second-order valence-electron chi connectivity index (χ2n) is 6.97. The molecule has 5 heteroatoms. The van der Waals surface area contributed by atoms with E-state index in [1.807, 2.05) is 19.9 Å². The maximum Gasteiger partial charge on any atom is 0.163 e. The topological polar surface area (TPSA) is 47.5 Å². The van der Waals surface area contributed by atoms with E-state index in [-0.39, 0.29) is 12.2 Å². The highest BCUT2D eigenvalue weighted by molar-refractivity contribution is 5.54. The van der Waals surface area contributed by atoms with Gasteiger partial charge >= 0.3 is 0 Å². The van der Waals surface area contributed by atoms with E-state index in [4.69, 9.17) is 9.47 Å². The van der Waals surface area contributed by atoms with Crippen LogP contribution in [0.5, 0.6) is 0 Å². The van der Waals surface area contributed by atoms with Gasteiger partial charge in [0.15, 0.2) is 5.79 Å². The number of aromatic nitrogens is 2. The van der Waals surface area contributed by atoms with Crippen LogP contribution in [0.1, 0.15) is 31.5 Å². The van der Waals surface area contributed by atoms with Gasteiger partial charge in [0.25, 0.3) is 0 Å². The summed E-state index contributed by atoms with van der Waals surface area (Å²) < 4.78 is 12.3. The lowest BCUT2D eigenvalue weighted by molar-refractivity contribution is -0.155. The lowest BCUT2D eigenvalue weighted by Crippen LogP contribution is -2.43. The second-order valence-corrected chi connectivity index (χ2v) is 6.97. The standard InChI is InChI=1S/C17H23N3O2/c1-5-11-8-13(15-14(11)21-17(3,4)22-15)20-7-6-12-10(2)18-9-19-16(12)20/h5,9,11,13-15H,1,6-8H2,2-4H3/t11-,13+,14+,15-/m0/s1. The van der Waals surface area contributed by atoms with Gasteiger partial charge in [-0.15, -0.1) is 6.58 Å². The van der Waals surface area contributed by atoms with Crippen LogP contribution in [0.3, 0.4) is 0 Å². The molecule has 0 N–H and O–H groups in total. The molecule has 0 bridgehead atoms. The Bertz CT molecular complexity index is 616. The average Bonchev–Trinajstić information content (AvgIpc) is 3.10. The fraction of sp³-hybridized carbons (Fsp3) is 0.647. The van der Waals surface area contributed by atoms with Crippen LogP contribution < -0.4 is 4.90 Å². The van der Waals surface area contributed by atoms with Crippen molar-refractivity contribution in [2.75, 3.05) is 11.4 Å². The Morgan fingerprint density at radius 1 is 1.32 bits per heavy atom. The van der Waals surface area contributed by atoms with Gasteiger partial charge in [0, 0.05) is 23.7 Å². The molecular formula is C17H23N3O2. The van der Waals surface area contributed by atoms with E-state index >= 15 is 0 Å². The van der Waals surface area contributed by atoms with Crippen LogP contribution in [0.15, 0.2) is 19.0 Å². The molecule has 3 heterocycles. The fourth-order valence-corrected chi connectivity index (χ4v) is 4.22. The van der Waals surface area contributed by atoms with Gasteiger partial charge in [0.1, 0.15) is 18.2 Å². The number of anilines is 1. The molecule has 22 heavy (non-hydrogen) atoms. The number of rotatable bonds is 2. The van der Waals surface area contributed by atoms with Crippen LogP contribution >= 0.6 is 0 Å². The summed E-state index contributed by atoms with van der Waals surface area (Å²) in [5.74, 6) is 0.900. The van der Waals surface area contributed by atoms with Gasteiger partial charge in [-0.2, -0.15) is 0 Å². The van der Waals surface area contributed by atoms with E-state index in [9.17, 15) is 0 Å². The third-order valence-corrected chi connectivity index (χ3v) is 5.19. The summed E-state index contributed by atoms with van der Waals surface area (Å²) in [6, 6.07) is 0.297. The van der Waals surface area contributed by atoms with Crippen molar-refractivity contribution in [3.63, 3.8) is 0 Å². The lowest BCUT2D eigenvalue weighted by Gasteiger charge is -2.31. The third kappa shape index (κ3) is 1.99. The molecule has 0 spiro atoms. The molecule has 4 rings (SSSR count). The molecular weight excluding hydrogens is 278 g/mol. The van der Waals surface area contributed by atoms with E-state index in [0.29, 0.717) is 12.0 Å². The monoisotopic (exact) mass is 301 g/mol. The van der Waals surface area contributed by atoms with Crippen molar-refractivity contribution in [2.24, 2.45) is 5.92 Å². The Balaban J connectivity index is 1.67. The maximum absolute atomic E-state index is 6.22. The Kier molecular flexibility index (Phi) is 3.07. The predicted molar refractivity (Wildman–Crippen MR) is 83.7 cm³/mol. The Labute approximate surface area is 131 Å². The summed E-state index contributed by atoms with van der Waals surface area (Å²) in [6.07, 6.45) is 5.89. The van der Waals surface area contributed by atoms with E-state index in [1.54, 1.807) is 6.33 Å². The highest BCUT2D eigenvalue weighted by Crippen LogP contribution is 2.46. The van der Waals surface area contributed by atoms with Crippen LogP contribution in [0.2, 0.25) is 0 Å². The second kappa shape index (κ2) is 4.77. The van der Waals surface area contributed by atoms with Crippen molar-refractivity contribution >= 4 is 5.82 Å². The highest BCUT2D eigenvalue weighted by atomic mass is 16.8. The Hall–Kier alpha value is -1.46. The van der Waals surface area contributed by atoms with Gasteiger partial charge < -0.3 is 14.4 Å². The molecule has 5 nitrogen and oxygen atoms in total. The predicted octanol–water partition coefficient (Wildman–Crippen LogP) is 2.24. The van der Waals surface area contributed by atoms with E-state index < -0.39 is 5.79 Å². The molecule has 0 unspecified atom stereocenters. The molecule has 1 saturated carbocycles. The van der Waals surface area contributed by atoms with Crippen molar-refractivity contribution in [2.45, 2.75) is 57.6 Å². The van der Waals surface area contributed by atoms with Gasteiger partial charge in [-0.05, 0) is 33.6 Å². The number of fused-ring (bicyclic) bond motifs is 2. The molecule has 0 aromatic carbocycles. The quantitative estimate of drug-likeness (QED) is 0.784. The summed E-state index contributed by atoms with van der Waals surface area (Å²) >= 11 is 0. The first kappa shape index (κ1) is 14.2. The zero-order valence-corrected chi connectivity index (χ0v) is 13.5. The normalized spacial score (nSPS) is 35.5. The van der Waals surface area contributed by atoms with Crippen LogP contribution in [0.4, 0.5) is 5.82 Å². The molecule has 2 fully saturated rings. The zero-order valence-electron chi connectivity index (χ0n) is 13.5. The SMILES string of the molecule is C=C[C@H]1C[C@@H](N2CCc3c(C)ncnc32)[C@@H]2OC(C)(C)O[C@@H]21. The van der Waals surface area contributed by atoms with Gasteiger partial charge in [-0.1, -0.05) is 6.08 Å². The average molecular weight is 301 g/mol. The maximum atomic E-state index is 6.22. The molecule has 3 aliphatic rings. The van der Waals surface area contributed by atoms with Gasteiger partial charge in [0.2, 0.25) is 0 Å². The number of aryl methyl sites for hydroxylation is 1.